The van der Waals surface area contributed by atoms with Gasteiger partial charge in [-0.15, -0.1) is 0 Å². The lowest BCUT2D eigenvalue weighted by Crippen LogP contribution is -2.57. The van der Waals surface area contributed by atoms with Gasteiger partial charge in [-0.1, -0.05) is 26.8 Å². The van der Waals surface area contributed by atoms with Crippen molar-refractivity contribution < 1.29 is 29.3 Å². The molecule has 3 rings (SSSR count). The van der Waals surface area contributed by atoms with Gasteiger partial charge in [0.1, 0.15) is 0 Å². The minimum atomic E-state index is -1.15. The van der Waals surface area contributed by atoms with E-state index in [1.165, 1.54) is 13.2 Å². The van der Waals surface area contributed by atoms with Crippen LogP contribution in [-0.2, 0) is 19.1 Å². The lowest BCUT2D eigenvalue weighted by atomic mass is 9.45. The number of methoxy groups -OCH3 is 1. The Morgan fingerprint density at radius 2 is 2.07 bits per heavy atom. The molecule has 3 aliphatic rings. The van der Waals surface area contributed by atoms with Crippen LogP contribution in [0.25, 0.3) is 0 Å². The monoisotopic (exact) mass is 378 g/mol. The van der Waals surface area contributed by atoms with Crippen LogP contribution in [0.15, 0.2) is 23.3 Å². The van der Waals surface area contributed by atoms with E-state index in [0.29, 0.717) is 24.0 Å². The van der Waals surface area contributed by atoms with Gasteiger partial charge in [0.05, 0.1) is 13.2 Å². The zero-order valence-corrected chi connectivity index (χ0v) is 16.5. The van der Waals surface area contributed by atoms with E-state index in [2.05, 4.69) is 13.8 Å². The quantitative estimate of drug-likeness (QED) is 0.730. The van der Waals surface area contributed by atoms with Crippen molar-refractivity contribution in [2.45, 2.75) is 65.3 Å². The normalized spacial score (nSPS) is 41.3. The number of carbonyl (C=O) groups excluding carboxylic acids is 2. The van der Waals surface area contributed by atoms with Crippen LogP contribution in [0.2, 0.25) is 0 Å². The van der Waals surface area contributed by atoms with Crippen LogP contribution in [0, 0.1) is 22.7 Å². The Morgan fingerprint density at radius 1 is 1.37 bits per heavy atom. The van der Waals surface area contributed by atoms with Crippen molar-refractivity contribution >= 4 is 11.9 Å². The zero-order chi connectivity index (χ0) is 20.0. The van der Waals surface area contributed by atoms with E-state index in [4.69, 9.17) is 9.47 Å². The van der Waals surface area contributed by atoms with Crippen molar-refractivity contribution in [3.05, 3.63) is 23.3 Å². The summed E-state index contributed by atoms with van der Waals surface area (Å²) in [6, 6.07) is 0. The first kappa shape index (κ1) is 20.1. The molecule has 6 heteroatoms. The van der Waals surface area contributed by atoms with Crippen molar-refractivity contribution in [2.24, 2.45) is 22.7 Å². The van der Waals surface area contributed by atoms with Crippen LogP contribution < -0.4 is 0 Å². The van der Waals surface area contributed by atoms with E-state index in [-0.39, 0.29) is 23.2 Å². The number of carbonyl (C=O) groups is 2. The van der Waals surface area contributed by atoms with Crippen molar-refractivity contribution in [3.63, 3.8) is 0 Å². The summed E-state index contributed by atoms with van der Waals surface area (Å²) in [6.07, 6.45) is 5.07. The van der Waals surface area contributed by atoms with Gasteiger partial charge in [-0.2, -0.15) is 0 Å². The maximum Gasteiger partial charge on any atom is 0.336 e. The molecule has 1 saturated carbocycles. The molecule has 0 spiro atoms. The van der Waals surface area contributed by atoms with Gasteiger partial charge in [0.2, 0.25) is 6.29 Å². The number of rotatable bonds is 4. The number of aliphatic hydroxyl groups excluding tert-OH is 2. The van der Waals surface area contributed by atoms with Crippen LogP contribution in [0.4, 0.5) is 0 Å². The standard InChI is InChI=1S/C21H30O6/c1-12-10-16(22)21(3)14(19(25)26-4)6-5-7-15(21)20(12,2)9-8-13-11-17(23)27-18(13)24/h6,11-12,15-17,22-23H,5,7-10H2,1-4H3/t12-,15-,16+,17-,20+,21+/m1/s1. The van der Waals surface area contributed by atoms with Crippen LogP contribution >= 0.6 is 0 Å². The highest BCUT2D eigenvalue weighted by Crippen LogP contribution is 2.62. The predicted molar refractivity (Wildman–Crippen MR) is 98.2 cm³/mol. The second-order valence-corrected chi connectivity index (χ2v) is 8.67. The Kier molecular flexibility index (Phi) is 5.25. The topological polar surface area (TPSA) is 93.1 Å². The fraction of sp³-hybridized carbons (Fsp3) is 0.714. The Labute approximate surface area is 160 Å². The molecule has 150 valence electrons. The van der Waals surface area contributed by atoms with E-state index >= 15 is 0 Å². The summed E-state index contributed by atoms with van der Waals surface area (Å²) in [6.45, 7) is 6.31. The first-order valence-electron chi connectivity index (χ1n) is 9.71. The Hall–Kier alpha value is -1.66. The van der Waals surface area contributed by atoms with E-state index in [1.54, 1.807) is 0 Å². The fourth-order valence-electron chi connectivity index (χ4n) is 5.60. The van der Waals surface area contributed by atoms with Crippen molar-refractivity contribution in [1.82, 2.24) is 0 Å². The maximum atomic E-state index is 12.4. The van der Waals surface area contributed by atoms with Crippen molar-refractivity contribution in [3.8, 4) is 0 Å². The molecule has 1 fully saturated rings. The molecule has 1 aliphatic heterocycles. The van der Waals surface area contributed by atoms with E-state index in [9.17, 15) is 19.8 Å². The average molecular weight is 378 g/mol. The number of hydrogen-bond donors (Lipinski definition) is 2. The lowest BCUT2D eigenvalue weighted by Gasteiger charge is -2.59. The SMILES string of the molecule is COC(=O)C1=CCC[C@@H]2[C@@](C)(CCC3=C[C@H](O)OC3=O)[C@H](C)C[C@H](O)[C@@]12C. The second-order valence-electron chi connectivity index (χ2n) is 8.67. The highest BCUT2D eigenvalue weighted by molar-refractivity contribution is 5.91. The molecule has 0 bridgehead atoms. The highest BCUT2D eigenvalue weighted by atomic mass is 16.6. The summed E-state index contributed by atoms with van der Waals surface area (Å²) in [5.74, 6) is -0.518. The minimum absolute atomic E-state index is 0.0887. The summed E-state index contributed by atoms with van der Waals surface area (Å²) in [7, 11) is 1.37. The van der Waals surface area contributed by atoms with Gasteiger partial charge in [0.15, 0.2) is 0 Å². The predicted octanol–water partition coefficient (Wildman–Crippen LogP) is 2.49. The molecule has 0 saturated heterocycles. The Bertz CT molecular complexity index is 695. The molecule has 0 aromatic carbocycles. The summed E-state index contributed by atoms with van der Waals surface area (Å²) >= 11 is 0. The number of allylic oxidation sites excluding steroid dienone is 1. The molecule has 6 atom stereocenters. The number of aliphatic hydroxyl groups is 2. The molecule has 0 amide bonds. The smallest absolute Gasteiger partial charge is 0.336 e. The molecular weight excluding hydrogens is 348 g/mol. The summed E-state index contributed by atoms with van der Waals surface area (Å²) in [5, 5.41) is 20.5. The number of ether oxygens (including phenoxy) is 2. The molecule has 0 unspecified atom stereocenters. The van der Waals surface area contributed by atoms with Crippen LogP contribution in [0.1, 0.15) is 52.9 Å². The first-order valence-corrected chi connectivity index (χ1v) is 9.71. The average Bonchev–Trinajstić information content (AvgIpc) is 2.95. The third-order valence-electron chi connectivity index (χ3n) is 7.47. The fourth-order valence-corrected chi connectivity index (χ4v) is 5.60. The molecule has 0 aromatic rings. The summed E-state index contributed by atoms with van der Waals surface area (Å²) in [4.78, 5) is 24.3. The van der Waals surface area contributed by atoms with E-state index < -0.39 is 23.8 Å². The molecule has 27 heavy (non-hydrogen) atoms. The second kappa shape index (κ2) is 7.06. The number of cyclic esters (lactones) is 1. The van der Waals surface area contributed by atoms with E-state index in [0.717, 1.165) is 19.3 Å². The summed E-state index contributed by atoms with van der Waals surface area (Å²) < 4.78 is 9.79. The van der Waals surface area contributed by atoms with Gasteiger partial charge in [0, 0.05) is 16.6 Å². The molecule has 1 heterocycles. The van der Waals surface area contributed by atoms with Gasteiger partial charge in [0.25, 0.3) is 0 Å². The first-order chi connectivity index (χ1) is 12.6. The van der Waals surface area contributed by atoms with Crippen LogP contribution in [-0.4, -0.2) is 41.7 Å². The van der Waals surface area contributed by atoms with Crippen molar-refractivity contribution in [2.75, 3.05) is 7.11 Å². The van der Waals surface area contributed by atoms with Crippen LogP contribution in [0.5, 0.6) is 0 Å². The number of hydrogen-bond acceptors (Lipinski definition) is 6. The largest absolute Gasteiger partial charge is 0.466 e. The number of esters is 2. The maximum absolute atomic E-state index is 12.4. The third kappa shape index (κ3) is 3.13. The van der Waals surface area contributed by atoms with E-state index in [1.807, 2.05) is 13.0 Å². The molecule has 0 aromatic heterocycles. The van der Waals surface area contributed by atoms with Crippen LogP contribution in [0.3, 0.4) is 0 Å². The third-order valence-corrected chi connectivity index (χ3v) is 7.47. The molecular formula is C21H30O6. The number of fused-ring (bicyclic) bond motifs is 1. The Morgan fingerprint density at radius 3 is 2.67 bits per heavy atom. The van der Waals surface area contributed by atoms with Crippen molar-refractivity contribution in [1.29, 1.82) is 0 Å². The van der Waals surface area contributed by atoms with Gasteiger partial charge >= 0.3 is 11.9 Å². The van der Waals surface area contributed by atoms with Gasteiger partial charge < -0.3 is 19.7 Å². The van der Waals surface area contributed by atoms with Gasteiger partial charge in [-0.25, -0.2) is 9.59 Å². The minimum Gasteiger partial charge on any atom is -0.466 e. The summed E-state index contributed by atoms with van der Waals surface area (Å²) in [5.41, 5.74) is 0.234. The molecule has 2 aliphatic carbocycles. The Balaban J connectivity index is 1.91. The van der Waals surface area contributed by atoms with Gasteiger partial charge in [-0.05, 0) is 55.4 Å². The molecule has 2 N–H and O–H groups in total. The highest BCUT2D eigenvalue weighted by Gasteiger charge is 2.59. The lowest BCUT2D eigenvalue weighted by molar-refractivity contribution is -0.152. The zero-order valence-electron chi connectivity index (χ0n) is 16.5. The van der Waals surface area contributed by atoms with Gasteiger partial charge in [-0.3, -0.25) is 0 Å². The molecule has 0 radical (unpaired) electrons. The molecule has 6 nitrogen and oxygen atoms in total.